The maximum atomic E-state index is 3.80. The smallest absolute Gasteiger partial charge is 0 e. The predicted molar refractivity (Wildman–Crippen MR) is 38.0 cm³/mol. The normalized spacial score (nSPS) is 13.9. The van der Waals surface area contributed by atoms with Crippen molar-refractivity contribution in [1.82, 2.24) is 0 Å². The van der Waals surface area contributed by atoms with Crippen LogP contribution < -0.4 is 0 Å². The van der Waals surface area contributed by atoms with Crippen molar-refractivity contribution in [3.05, 3.63) is 6.66 Å². The molecule has 0 fully saturated rings. The van der Waals surface area contributed by atoms with Gasteiger partial charge in [0.25, 0.3) is 0 Å². The molecule has 0 saturated heterocycles. The molecule has 1 unspecified atom stereocenters. The van der Waals surface area contributed by atoms with E-state index < -0.39 is 0 Å². The molecule has 1 radical (unpaired) electrons. The molecule has 0 aliphatic rings. The van der Waals surface area contributed by atoms with Crippen LogP contribution in [0.25, 0.3) is 0 Å². The summed E-state index contributed by atoms with van der Waals surface area (Å²) in [5.41, 5.74) is 0. The zero-order valence-electron chi connectivity index (χ0n) is 5.65. The molecule has 0 aliphatic carbocycles. The summed E-state index contributed by atoms with van der Waals surface area (Å²) in [6.07, 6.45) is 2.62. The summed E-state index contributed by atoms with van der Waals surface area (Å²) < 4.78 is 0. The fourth-order valence-corrected chi connectivity index (χ4v) is 1.17. The maximum Gasteiger partial charge on any atom is 0 e. The summed E-state index contributed by atoms with van der Waals surface area (Å²) in [7, 11) is 0.895. The molecule has 0 heterocycles. The van der Waals surface area contributed by atoms with E-state index in [1.165, 1.54) is 12.6 Å². The van der Waals surface area contributed by atoms with Crippen LogP contribution in [-0.2, 0) is 18.6 Å². The molecule has 0 aromatic rings. The van der Waals surface area contributed by atoms with Gasteiger partial charge in [-0.15, -0.1) is 0 Å². The Hall–Kier alpha value is 1.01. The van der Waals surface area contributed by atoms with Crippen molar-refractivity contribution in [3.8, 4) is 0 Å². The van der Waals surface area contributed by atoms with E-state index in [0.29, 0.717) is 0 Å². The van der Waals surface area contributed by atoms with Gasteiger partial charge in [0.05, 0.1) is 0 Å². The SMILES string of the molecule is [CH2-]PC[C@@H](C)CC.[V]. The summed E-state index contributed by atoms with van der Waals surface area (Å²) in [5.74, 6) is 0.899. The second kappa shape index (κ2) is 8.01. The first-order valence-corrected chi connectivity index (χ1v) is 4.22. The Bertz CT molecular complexity index is 39.5. The molecule has 0 rings (SSSR count). The molecule has 0 aromatic carbocycles. The molecular formula is C6H14PV-. The third-order valence-corrected chi connectivity index (χ3v) is 2.18. The summed E-state index contributed by atoms with van der Waals surface area (Å²) in [5, 5.41) is 0. The monoisotopic (exact) mass is 168 g/mol. The molecular weight excluding hydrogens is 154 g/mol. The van der Waals surface area contributed by atoms with Crippen LogP contribution in [0.3, 0.4) is 0 Å². The minimum Gasteiger partial charge on any atom is -0.320 e. The van der Waals surface area contributed by atoms with Crippen molar-refractivity contribution in [2.24, 2.45) is 5.92 Å². The molecule has 0 aliphatic heterocycles. The quantitative estimate of drug-likeness (QED) is 0.448. The molecule has 0 N–H and O–H groups in total. The van der Waals surface area contributed by atoms with E-state index in [0.717, 1.165) is 14.5 Å². The number of rotatable bonds is 3. The molecule has 0 aromatic heterocycles. The Morgan fingerprint density at radius 2 is 2.12 bits per heavy atom. The van der Waals surface area contributed by atoms with E-state index in [-0.39, 0.29) is 18.6 Å². The molecule has 8 heavy (non-hydrogen) atoms. The zero-order chi connectivity index (χ0) is 5.70. The average molecular weight is 168 g/mol. The van der Waals surface area contributed by atoms with Crippen molar-refractivity contribution >= 4 is 8.58 Å². The number of hydrogen-bond donors (Lipinski definition) is 0. The van der Waals surface area contributed by atoms with E-state index in [2.05, 4.69) is 20.5 Å². The first kappa shape index (κ1) is 11.8. The van der Waals surface area contributed by atoms with Gasteiger partial charge in [0.1, 0.15) is 0 Å². The third-order valence-electron chi connectivity index (χ3n) is 1.19. The molecule has 2 atom stereocenters. The molecule has 2 heteroatoms. The van der Waals surface area contributed by atoms with Crippen LogP contribution in [0.5, 0.6) is 0 Å². The van der Waals surface area contributed by atoms with Crippen molar-refractivity contribution < 1.29 is 18.6 Å². The van der Waals surface area contributed by atoms with Gasteiger partial charge in [0.2, 0.25) is 0 Å². The van der Waals surface area contributed by atoms with Gasteiger partial charge in [-0.3, -0.25) is 8.58 Å². The summed E-state index contributed by atoms with van der Waals surface area (Å²) in [6, 6.07) is 0. The van der Waals surface area contributed by atoms with Gasteiger partial charge >= 0.3 is 0 Å². The zero-order valence-corrected chi connectivity index (χ0v) is 8.04. The van der Waals surface area contributed by atoms with Crippen LogP contribution in [0.2, 0.25) is 0 Å². The summed E-state index contributed by atoms with van der Waals surface area (Å²) in [4.78, 5) is 0. The molecule has 0 saturated carbocycles. The molecule has 0 spiro atoms. The van der Waals surface area contributed by atoms with Crippen LogP contribution in [0.15, 0.2) is 0 Å². The average Bonchev–Trinajstić information content (AvgIpc) is 1.68. The van der Waals surface area contributed by atoms with Crippen molar-refractivity contribution in [2.75, 3.05) is 6.16 Å². The Balaban J connectivity index is 0. The van der Waals surface area contributed by atoms with Crippen molar-refractivity contribution in [2.45, 2.75) is 20.3 Å². The molecule has 0 bridgehead atoms. The minimum absolute atomic E-state index is 0. The van der Waals surface area contributed by atoms with E-state index in [4.69, 9.17) is 0 Å². The molecule has 0 amide bonds. The molecule has 49 valence electrons. The second-order valence-corrected chi connectivity index (χ2v) is 2.88. The Kier molecular flexibility index (Phi) is 11.8. The molecule has 0 nitrogen and oxygen atoms in total. The first-order chi connectivity index (χ1) is 3.31. The van der Waals surface area contributed by atoms with Gasteiger partial charge in [-0.1, -0.05) is 26.4 Å². The largest absolute Gasteiger partial charge is 0.320 e. The van der Waals surface area contributed by atoms with Crippen LogP contribution >= 0.6 is 8.58 Å². The Morgan fingerprint density at radius 1 is 1.62 bits per heavy atom. The van der Waals surface area contributed by atoms with Crippen LogP contribution in [0, 0.1) is 12.6 Å². The van der Waals surface area contributed by atoms with Crippen molar-refractivity contribution in [3.63, 3.8) is 0 Å². The second-order valence-electron chi connectivity index (χ2n) is 1.97. The standard InChI is InChI=1S/C6H14P.V/c1-4-6(2)5-7-3;/h6-7H,3-5H2,1-2H3;/q-1;/t6-;/m0./s1. The van der Waals surface area contributed by atoms with Gasteiger partial charge in [-0.05, 0) is 5.92 Å². The fourth-order valence-electron chi connectivity index (χ4n) is 0.391. The Morgan fingerprint density at radius 3 is 2.25 bits per heavy atom. The van der Waals surface area contributed by atoms with Crippen LogP contribution in [0.4, 0.5) is 0 Å². The summed E-state index contributed by atoms with van der Waals surface area (Å²) >= 11 is 0. The minimum atomic E-state index is 0. The van der Waals surface area contributed by atoms with Crippen LogP contribution in [0.1, 0.15) is 20.3 Å². The third kappa shape index (κ3) is 7.01. The maximum absolute atomic E-state index is 3.80. The fraction of sp³-hybridized carbons (Fsp3) is 0.833. The van der Waals surface area contributed by atoms with Gasteiger partial charge in [0.15, 0.2) is 0 Å². The van der Waals surface area contributed by atoms with E-state index in [9.17, 15) is 0 Å². The first-order valence-electron chi connectivity index (χ1n) is 2.81. The Labute approximate surface area is 66.5 Å². The van der Waals surface area contributed by atoms with Gasteiger partial charge in [-0.2, -0.15) is 0 Å². The summed E-state index contributed by atoms with van der Waals surface area (Å²) in [6.45, 7) is 8.30. The van der Waals surface area contributed by atoms with Crippen LogP contribution in [-0.4, -0.2) is 6.16 Å². The number of hydrogen-bond acceptors (Lipinski definition) is 0. The van der Waals surface area contributed by atoms with E-state index >= 15 is 0 Å². The van der Waals surface area contributed by atoms with Gasteiger partial charge in [0, 0.05) is 18.6 Å². The topological polar surface area (TPSA) is 0 Å². The van der Waals surface area contributed by atoms with E-state index in [1.807, 2.05) is 0 Å². The van der Waals surface area contributed by atoms with Crippen molar-refractivity contribution in [1.29, 1.82) is 0 Å². The van der Waals surface area contributed by atoms with Gasteiger partial charge in [-0.25, -0.2) is 0 Å². The van der Waals surface area contributed by atoms with Gasteiger partial charge < -0.3 is 6.66 Å². The predicted octanol–water partition coefficient (Wildman–Crippen LogP) is 2.50. The van der Waals surface area contributed by atoms with E-state index in [1.54, 1.807) is 0 Å².